The first-order valence-electron chi connectivity index (χ1n) is 21.1. The van der Waals surface area contributed by atoms with Crippen molar-refractivity contribution in [3.8, 4) is 11.3 Å². The van der Waals surface area contributed by atoms with E-state index in [4.69, 9.17) is 24.4 Å². The van der Waals surface area contributed by atoms with E-state index in [1.165, 1.54) is 19.8 Å². The molecule has 0 bridgehead atoms. The molecule has 5 atom stereocenters. The van der Waals surface area contributed by atoms with Crippen molar-refractivity contribution in [2.45, 2.75) is 107 Å². The Morgan fingerprint density at radius 2 is 1.36 bits per heavy atom. The molecule has 0 radical (unpaired) electrons. The highest BCUT2D eigenvalue weighted by molar-refractivity contribution is 5.88. The second kappa shape index (κ2) is 15.8. The molecule has 5 aliphatic rings. The van der Waals surface area contributed by atoms with Crippen LogP contribution in [0.5, 0.6) is 0 Å². The van der Waals surface area contributed by atoms with E-state index in [1.807, 2.05) is 22.2 Å². The third-order valence-corrected chi connectivity index (χ3v) is 13.2. The minimum absolute atomic E-state index is 0.0591. The number of amides is 4. The maximum Gasteiger partial charge on any atom is 0.407 e. The zero-order valence-corrected chi connectivity index (χ0v) is 34.0. The molecule has 59 heavy (non-hydrogen) atoms. The zero-order chi connectivity index (χ0) is 40.8. The number of imidazole rings is 2. The molecule has 4 N–H and O–H groups in total. The van der Waals surface area contributed by atoms with Crippen LogP contribution in [-0.4, -0.2) is 98.1 Å². The molecule has 4 amide bonds. The monoisotopic (exact) mass is 803 g/mol. The van der Waals surface area contributed by atoms with E-state index in [0.29, 0.717) is 13.1 Å². The van der Waals surface area contributed by atoms with E-state index >= 15 is 0 Å². The molecule has 2 saturated carbocycles. The number of carbonyl (C=O) groups is 4. The molecule has 9 rings (SSSR count). The van der Waals surface area contributed by atoms with Gasteiger partial charge in [-0.15, -0.1) is 0 Å². The Kier molecular flexibility index (Phi) is 10.4. The highest BCUT2D eigenvalue weighted by atomic mass is 16.5. The van der Waals surface area contributed by atoms with E-state index in [0.717, 1.165) is 116 Å². The van der Waals surface area contributed by atoms with Gasteiger partial charge in [-0.3, -0.25) is 14.6 Å². The number of methoxy groups -OCH3 is 2. The summed E-state index contributed by atoms with van der Waals surface area (Å²) in [5.74, 6) is 1.70. The van der Waals surface area contributed by atoms with Gasteiger partial charge >= 0.3 is 12.2 Å². The summed E-state index contributed by atoms with van der Waals surface area (Å²) in [5.41, 5.74) is 5.93. The molecule has 15 heteroatoms. The first-order chi connectivity index (χ1) is 28.6. The number of rotatable bonds is 11. The van der Waals surface area contributed by atoms with Crippen molar-refractivity contribution in [3.63, 3.8) is 0 Å². The molecule has 0 spiro atoms. The molecule has 4 aromatic rings. The van der Waals surface area contributed by atoms with Crippen LogP contribution in [0.15, 0.2) is 48.8 Å². The number of hydrogen-bond donors (Lipinski definition) is 4. The number of carbonyl (C=O) groups excluding carboxylic acids is 4. The van der Waals surface area contributed by atoms with Gasteiger partial charge in [0.15, 0.2) is 0 Å². The van der Waals surface area contributed by atoms with Gasteiger partial charge in [0.25, 0.3) is 0 Å². The number of benzene rings is 1. The topological polar surface area (TPSA) is 188 Å². The molecule has 15 nitrogen and oxygen atoms in total. The minimum Gasteiger partial charge on any atom is -0.453 e. The van der Waals surface area contributed by atoms with E-state index in [-0.39, 0.29) is 41.1 Å². The Labute approximate surface area is 343 Å². The van der Waals surface area contributed by atoms with Crippen LogP contribution in [0, 0.1) is 11.8 Å². The Morgan fingerprint density at radius 1 is 0.780 bits per heavy atom. The average molecular weight is 804 g/mol. The van der Waals surface area contributed by atoms with Gasteiger partial charge in [0, 0.05) is 35.1 Å². The SMILES string of the molecule is COC(=O)N[C@H](C(=O)N1CCC[C@H]1c1ncc(C2=CCC(C)(c3ccc4cc(-c5cnc([C@@H]6CCCN6C(=O)[C@@H](NC(=O)OC)C6CC6)[nH]5)ccc4n3)CC2)[nH]1)C1CC1. The number of aromatic nitrogens is 5. The van der Waals surface area contributed by atoms with Gasteiger partial charge in [-0.25, -0.2) is 19.6 Å². The number of pyridine rings is 1. The minimum atomic E-state index is -0.581. The lowest BCUT2D eigenvalue weighted by molar-refractivity contribution is -0.135. The van der Waals surface area contributed by atoms with Crippen molar-refractivity contribution < 1.29 is 28.7 Å². The summed E-state index contributed by atoms with van der Waals surface area (Å²) in [6.45, 7) is 3.54. The van der Waals surface area contributed by atoms with Crippen molar-refractivity contribution in [1.29, 1.82) is 0 Å². The van der Waals surface area contributed by atoms with Gasteiger partial charge in [-0.2, -0.15) is 0 Å². The smallest absolute Gasteiger partial charge is 0.407 e. The number of allylic oxidation sites excluding steroid dienone is 2. The zero-order valence-electron chi connectivity index (χ0n) is 34.0. The molecule has 1 unspecified atom stereocenters. The molecule has 310 valence electrons. The molecule has 5 heterocycles. The van der Waals surface area contributed by atoms with Crippen molar-refractivity contribution >= 4 is 40.5 Å². The number of nitrogens with zero attached hydrogens (tertiary/aromatic N) is 5. The van der Waals surface area contributed by atoms with Crippen LogP contribution in [0.3, 0.4) is 0 Å². The van der Waals surface area contributed by atoms with Gasteiger partial charge < -0.3 is 39.9 Å². The standard InChI is InChI=1S/C44H53N9O6/c1-44(18-16-25(17-19-44)31-23-45-38(48-31)33-6-4-20-52(33)40(54)36(26-8-9-26)50-42(56)58-2)35-15-13-28-22-29(12-14-30(28)47-35)32-24-46-39(49-32)34-7-5-21-53(34)41(55)37(27-10-11-27)51-43(57)59-3/h12-16,22-24,26-27,33-34,36-37H,4-11,17-21H2,1-3H3,(H,45,48)(H,46,49)(H,50,56)(H,51,57)/t33-,34-,36-,37-,44?/m0/s1. The summed E-state index contributed by atoms with van der Waals surface area (Å²) >= 11 is 0. The van der Waals surface area contributed by atoms with Crippen molar-refractivity contribution in [2.75, 3.05) is 27.3 Å². The molecular weight excluding hydrogens is 751 g/mol. The molecular formula is C44H53N9O6. The van der Waals surface area contributed by atoms with Crippen molar-refractivity contribution in [2.24, 2.45) is 11.8 Å². The van der Waals surface area contributed by atoms with Gasteiger partial charge in [-0.05, 0) is 106 Å². The quantitative estimate of drug-likeness (QED) is 0.132. The predicted octanol–water partition coefficient (Wildman–Crippen LogP) is 6.47. The number of hydrogen-bond acceptors (Lipinski definition) is 9. The van der Waals surface area contributed by atoms with Crippen LogP contribution in [0.4, 0.5) is 9.59 Å². The lowest BCUT2D eigenvalue weighted by Gasteiger charge is -2.32. The normalized spacial score (nSPS) is 24.1. The second-order valence-corrected chi connectivity index (χ2v) is 17.2. The number of H-pyrrole nitrogens is 2. The van der Waals surface area contributed by atoms with E-state index in [1.54, 1.807) is 0 Å². The Morgan fingerprint density at radius 3 is 1.90 bits per heavy atom. The van der Waals surface area contributed by atoms with Crippen molar-refractivity contribution in [1.82, 2.24) is 45.4 Å². The highest BCUT2D eigenvalue weighted by Crippen LogP contribution is 2.43. The number of fused-ring (bicyclic) bond motifs is 1. The molecule has 4 fully saturated rings. The number of likely N-dealkylation sites (tertiary alicyclic amines) is 2. The summed E-state index contributed by atoms with van der Waals surface area (Å²) in [7, 11) is 2.63. The van der Waals surface area contributed by atoms with Gasteiger partial charge in [0.2, 0.25) is 11.8 Å². The third-order valence-electron chi connectivity index (χ3n) is 13.2. The predicted molar refractivity (Wildman–Crippen MR) is 219 cm³/mol. The van der Waals surface area contributed by atoms with Crippen LogP contribution >= 0.6 is 0 Å². The second-order valence-electron chi connectivity index (χ2n) is 17.2. The summed E-state index contributed by atoms with van der Waals surface area (Å²) < 4.78 is 9.61. The Bertz CT molecular complexity index is 2290. The first kappa shape index (κ1) is 38.8. The fourth-order valence-corrected chi connectivity index (χ4v) is 9.37. The average Bonchev–Trinajstić information content (AvgIpc) is 3.98. The third kappa shape index (κ3) is 7.78. The van der Waals surface area contributed by atoms with Crippen LogP contribution in [0.2, 0.25) is 0 Å². The number of aromatic amines is 2. The Balaban J connectivity index is 0.855. The van der Waals surface area contributed by atoms with Crippen LogP contribution < -0.4 is 10.6 Å². The summed E-state index contributed by atoms with van der Waals surface area (Å²) in [6.07, 6.45) is 14.6. The highest BCUT2D eigenvalue weighted by Gasteiger charge is 2.45. The van der Waals surface area contributed by atoms with Crippen LogP contribution in [0.1, 0.15) is 113 Å². The number of nitrogens with one attached hydrogen (secondary N) is 4. The fourth-order valence-electron chi connectivity index (χ4n) is 9.37. The fraction of sp³-hybridized carbons (Fsp3) is 0.523. The van der Waals surface area contributed by atoms with Gasteiger partial charge in [-0.1, -0.05) is 25.1 Å². The maximum absolute atomic E-state index is 13.6. The molecule has 2 saturated heterocycles. The lowest BCUT2D eigenvalue weighted by atomic mass is 9.73. The summed E-state index contributed by atoms with van der Waals surface area (Å²) in [5, 5.41) is 6.58. The van der Waals surface area contributed by atoms with E-state index < -0.39 is 24.3 Å². The number of alkyl carbamates (subject to hydrolysis) is 2. The molecule has 2 aliphatic heterocycles. The lowest BCUT2D eigenvalue weighted by Crippen LogP contribution is -2.49. The molecule has 3 aliphatic carbocycles. The van der Waals surface area contributed by atoms with E-state index in [2.05, 4.69) is 63.9 Å². The van der Waals surface area contributed by atoms with E-state index in [9.17, 15) is 19.2 Å². The van der Waals surface area contributed by atoms with Gasteiger partial charge in [0.05, 0.1) is 55.6 Å². The van der Waals surface area contributed by atoms with Crippen LogP contribution in [-0.2, 0) is 24.5 Å². The van der Waals surface area contributed by atoms with Crippen LogP contribution in [0.25, 0.3) is 27.7 Å². The maximum atomic E-state index is 13.6. The summed E-state index contributed by atoms with van der Waals surface area (Å²) in [6, 6.07) is 9.08. The summed E-state index contributed by atoms with van der Waals surface area (Å²) in [4.78, 5) is 76.8. The van der Waals surface area contributed by atoms with Crippen molar-refractivity contribution in [3.05, 3.63) is 71.8 Å². The van der Waals surface area contributed by atoms with Gasteiger partial charge in [0.1, 0.15) is 23.7 Å². The largest absolute Gasteiger partial charge is 0.453 e. The number of ether oxygens (including phenoxy) is 2. The molecule has 1 aromatic carbocycles. The molecule has 3 aromatic heterocycles. The first-order valence-corrected chi connectivity index (χ1v) is 21.1. The Hall–Kier alpha value is -5.73.